The SMILES string of the molecule is CC(=O)Nc1cccc(C(C)OC(=O)c2ccnn2-c2ccccc2)c1. The summed E-state index contributed by atoms with van der Waals surface area (Å²) in [7, 11) is 0. The number of anilines is 1. The summed E-state index contributed by atoms with van der Waals surface area (Å²) in [6, 6.07) is 18.2. The summed E-state index contributed by atoms with van der Waals surface area (Å²) in [6.07, 6.45) is 1.08. The molecule has 6 nitrogen and oxygen atoms in total. The van der Waals surface area contributed by atoms with Gasteiger partial charge in [-0.05, 0) is 42.8 Å². The molecule has 3 aromatic rings. The van der Waals surface area contributed by atoms with E-state index < -0.39 is 12.1 Å². The number of nitrogens with one attached hydrogen (secondary N) is 1. The number of hydrogen-bond donors (Lipinski definition) is 1. The lowest BCUT2D eigenvalue weighted by Crippen LogP contribution is -2.14. The largest absolute Gasteiger partial charge is 0.453 e. The Morgan fingerprint density at radius 3 is 2.58 bits per heavy atom. The molecule has 0 bridgehead atoms. The Bertz CT molecular complexity index is 919. The third kappa shape index (κ3) is 3.97. The van der Waals surface area contributed by atoms with E-state index in [9.17, 15) is 9.59 Å². The Kier molecular flexibility index (Phi) is 5.12. The highest BCUT2D eigenvalue weighted by molar-refractivity contribution is 5.89. The van der Waals surface area contributed by atoms with Crippen molar-refractivity contribution >= 4 is 17.6 Å². The van der Waals surface area contributed by atoms with Gasteiger partial charge in [-0.25, -0.2) is 9.48 Å². The summed E-state index contributed by atoms with van der Waals surface area (Å²) in [5.74, 6) is -0.623. The molecule has 1 unspecified atom stereocenters. The maximum atomic E-state index is 12.6. The van der Waals surface area contributed by atoms with Crippen LogP contribution in [0.5, 0.6) is 0 Å². The lowest BCUT2D eigenvalue weighted by molar-refractivity contribution is -0.114. The van der Waals surface area contributed by atoms with E-state index in [4.69, 9.17) is 4.74 Å². The minimum absolute atomic E-state index is 0.154. The van der Waals surface area contributed by atoms with E-state index in [2.05, 4.69) is 10.4 Å². The minimum atomic E-state index is -0.477. The van der Waals surface area contributed by atoms with Gasteiger partial charge in [0.1, 0.15) is 6.10 Å². The topological polar surface area (TPSA) is 73.2 Å². The zero-order chi connectivity index (χ0) is 18.5. The number of nitrogens with zero attached hydrogens (tertiary/aromatic N) is 2. The molecule has 132 valence electrons. The molecule has 1 amide bonds. The molecule has 0 aliphatic carbocycles. The average molecular weight is 349 g/mol. The van der Waals surface area contributed by atoms with Crippen molar-refractivity contribution in [1.29, 1.82) is 0 Å². The van der Waals surface area contributed by atoms with E-state index in [0.717, 1.165) is 11.3 Å². The van der Waals surface area contributed by atoms with Gasteiger partial charge in [0, 0.05) is 12.6 Å². The van der Waals surface area contributed by atoms with Crippen LogP contribution in [0.3, 0.4) is 0 Å². The molecule has 0 aliphatic heterocycles. The zero-order valence-electron chi connectivity index (χ0n) is 14.5. The lowest BCUT2D eigenvalue weighted by Gasteiger charge is -2.15. The van der Waals surface area contributed by atoms with Crippen LogP contribution in [0.4, 0.5) is 5.69 Å². The van der Waals surface area contributed by atoms with Crippen molar-refractivity contribution in [3.05, 3.63) is 78.1 Å². The van der Waals surface area contributed by atoms with Crippen LogP contribution < -0.4 is 5.32 Å². The van der Waals surface area contributed by atoms with Crippen molar-refractivity contribution in [2.24, 2.45) is 0 Å². The predicted molar refractivity (Wildman–Crippen MR) is 98.1 cm³/mol. The minimum Gasteiger partial charge on any atom is -0.453 e. The molecule has 0 aliphatic rings. The first kappa shape index (κ1) is 17.4. The van der Waals surface area contributed by atoms with E-state index in [1.165, 1.54) is 6.92 Å². The molecular formula is C20H19N3O3. The number of carbonyl (C=O) groups excluding carboxylic acids is 2. The fraction of sp³-hybridized carbons (Fsp3) is 0.150. The maximum Gasteiger partial charge on any atom is 0.357 e. The fourth-order valence-electron chi connectivity index (χ4n) is 2.59. The Morgan fingerprint density at radius 2 is 1.85 bits per heavy atom. The lowest BCUT2D eigenvalue weighted by atomic mass is 10.1. The summed E-state index contributed by atoms with van der Waals surface area (Å²) in [4.78, 5) is 23.8. The molecule has 3 rings (SSSR count). The Hall–Kier alpha value is -3.41. The number of ether oxygens (including phenoxy) is 1. The molecule has 0 fully saturated rings. The molecule has 0 radical (unpaired) electrons. The Balaban J connectivity index is 1.77. The second kappa shape index (κ2) is 7.65. The first-order chi connectivity index (χ1) is 12.5. The zero-order valence-corrected chi connectivity index (χ0v) is 14.5. The maximum absolute atomic E-state index is 12.6. The van der Waals surface area contributed by atoms with Crippen LogP contribution in [0.15, 0.2) is 66.9 Å². The second-order valence-corrected chi connectivity index (χ2v) is 5.82. The molecule has 0 saturated carbocycles. The van der Waals surface area contributed by atoms with Crippen molar-refractivity contribution in [3.8, 4) is 5.69 Å². The van der Waals surface area contributed by atoms with Crippen molar-refractivity contribution in [2.75, 3.05) is 5.32 Å². The number of carbonyl (C=O) groups is 2. The number of hydrogen-bond acceptors (Lipinski definition) is 4. The molecule has 1 atom stereocenters. The highest BCUT2D eigenvalue weighted by Crippen LogP contribution is 2.22. The average Bonchev–Trinajstić information content (AvgIpc) is 3.12. The van der Waals surface area contributed by atoms with Crippen molar-refractivity contribution in [1.82, 2.24) is 9.78 Å². The number of rotatable bonds is 5. The van der Waals surface area contributed by atoms with E-state index in [0.29, 0.717) is 11.4 Å². The molecule has 6 heteroatoms. The normalized spacial score (nSPS) is 11.6. The number of amides is 1. The van der Waals surface area contributed by atoms with Gasteiger partial charge in [0.2, 0.25) is 5.91 Å². The standard InChI is InChI=1S/C20H19N3O3/c1-14(16-7-6-8-17(13-16)22-15(2)24)26-20(25)19-11-12-21-23(19)18-9-4-3-5-10-18/h3-14H,1-2H3,(H,22,24). The fourth-order valence-corrected chi connectivity index (χ4v) is 2.59. The smallest absolute Gasteiger partial charge is 0.357 e. The molecule has 2 aromatic carbocycles. The summed E-state index contributed by atoms with van der Waals surface area (Å²) >= 11 is 0. The Morgan fingerprint density at radius 1 is 1.08 bits per heavy atom. The van der Waals surface area contributed by atoms with E-state index in [-0.39, 0.29) is 5.91 Å². The van der Waals surface area contributed by atoms with Crippen LogP contribution in [0, 0.1) is 0 Å². The highest BCUT2D eigenvalue weighted by atomic mass is 16.5. The van der Waals surface area contributed by atoms with Crippen molar-refractivity contribution < 1.29 is 14.3 Å². The highest BCUT2D eigenvalue weighted by Gasteiger charge is 2.18. The number of benzene rings is 2. The van der Waals surface area contributed by atoms with Gasteiger partial charge in [0.05, 0.1) is 11.9 Å². The van der Waals surface area contributed by atoms with Gasteiger partial charge in [-0.3, -0.25) is 4.79 Å². The van der Waals surface area contributed by atoms with Crippen LogP contribution in [0.1, 0.15) is 36.0 Å². The van der Waals surface area contributed by atoms with Gasteiger partial charge < -0.3 is 10.1 Å². The van der Waals surface area contributed by atoms with Gasteiger partial charge in [-0.2, -0.15) is 5.10 Å². The first-order valence-electron chi connectivity index (χ1n) is 8.22. The molecular weight excluding hydrogens is 330 g/mol. The molecule has 26 heavy (non-hydrogen) atoms. The van der Waals surface area contributed by atoms with Crippen molar-refractivity contribution in [2.45, 2.75) is 20.0 Å². The molecule has 1 aromatic heterocycles. The van der Waals surface area contributed by atoms with Crippen LogP contribution in [-0.2, 0) is 9.53 Å². The van der Waals surface area contributed by atoms with Gasteiger partial charge in [0.25, 0.3) is 0 Å². The van der Waals surface area contributed by atoms with Crippen LogP contribution in [-0.4, -0.2) is 21.7 Å². The van der Waals surface area contributed by atoms with E-state index in [1.807, 2.05) is 36.4 Å². The molecule has 1 N–H and O–H groups in total. The number of para-hydroxylation sites is 1. The van der Waals surface area contributed by atoms with Crippen LogP contribution >= 0.6 is 0 Å². The van der Waals surface area contributed by atoms with Gasteiger partial charge in [-0.1, -0.05) is 30.3 Å². The first-order valence-corrected chi connectivity index (χ1v) is 8.22. The van der Waals surface area contributed by atoms with Gasteiger partial charge >= 0.3 is 5.97 Å². The molecule has 0 saturated heterocycles. The van der Waals surface area contributed by atoms with E-state index in [1.54, 1.807) is 42.1 Å². The van der Waals surface area contributed by atoms with Crippen LogP contribution in [0.2, 0.25) is 0 Å². The van der Waals surface area contributed by atoms with Gasteiger partial charge in [0.15, 0.2) is 5.69 Å². The third-order valence-electron chi connectivity index (χ3n) is 3.81. The summed E-state index contributed by atoms with van der Waals surface area (Å²) < 4.78 is 7.13. The summed E-state index contributed by atoms with van der Waals surface area (Å²) in [5.41, 5.74) is 2.58. The van der Waals surface area contributed by atoms with Gasteiger partial charge in [-0.15, -0.1) is 0 Å². The monoisotopic (exact) mass is 349 g/mol. The number of esters is 1. The molecule has 1 heterocycles. The van der Waals surface area contributed by atoms with E-state index >= 15 is 0 Å². The Labute approximate surface area is 151 Å². The predicted octanol–water partition coefficient (Wildman–Crippen LogP) is 3.75. The van der Waals surface area contributed by atoms with Crippen LogP contribution in [0.25, 0.3) is 5.69 Å². The number of aromatic nitrogens is 2. The van der Waals surface area contributed by atoms with Crippen molar-refractivity contribution in [3.63, 3.8) is 0 Å². The summed E-state index contributed by atoms with van der Waals surface area (Å²) in [5, 5.41) is 6.92. The quantitative estimate of drug-likeness (QED) is 0.712. The second-order valence-electron chi connectivity index (χ2n) is 5.82. The molecule has 0 spiro atoms. The third-order valence-corrected chi connectivity index (χ3v) is 3.81. The summed E-state index contributed by atoms with van der Waals surface area (Å²) in [6.45, 7) is 3.23.